The topological polar surface area (TPSA) is 55.4 Å². The lowest BCUT2D eigenvalue weighted by molar-refractivity contribution is -0.142. The maximum absolute atomic E-state index is 12.8. The van der Waals surface area contributed by atoms with Gasteiger partial charge in [0.25, 0.3) is 5.91 Å². The Morgan fingerprint density at radius 1 is 1.32 bits per heavy atom. The number of benzene rings is 1. The molecule has 1 aromatic carbocycles. The van der Waals surface area contributed by atoms with E-state index in [1.807, 2.05) is 5.32 Å². The van der Waals surface area contributed by atoms with Crippen LogP contribution in [-0.2, 0) is 20.5 Å². The standard InChI is InChI=1S/C14H13ClF3NO3/c1-8(2)6-12(21)22-7-11(20)19-13-9(14(16,17)18)4-3-5-10(13)15/h3-6H,7H2,1-2H3,(H,19,20). The minimum Gasteiger partial charge on any atom is -0.452 e. The molecule has 0 aromatic heterocycles. The smallest absolute Gasteiger partial charge is 0.418 e. The zero-order valence-corrected chi connectivity index (χ0v) is 12.5. The molecule has 4 nitrogen and oxygen atoms in total. The van der Waals surface area contributed by atoms with Gasteiger partial charge in [-0.15, -0.1) is 0 Å². The third-order valence-electron chi connectivity index (χ3n) is 2.34. The molecule has 0 radical (unpaired) electrons. The van der Waals surface area contributed by atoms with E-state index in [4.69, 9.17) is 11.6 Å². The molecule has 0 aliphatic rings. The molecule has 8 heteroatoms. The number of carbonyl (C=O) groups excluding carboxylic acids is 2. The summed E-state index contributed by atoms with van der Waals surface area (Å²) in [5.74, 6) is -1.68. The van der Waals surface area contributed by atoms with Gasteiger partial charge in [0, 0.05) is 6.08 Å². The zero-order chi connectivity index (χ0) is 16.9. The molecule has 22 heavy (non-hydrogen) atoms. The number of halogens is 4. The Balaban J connectivity index is 2.81. The van der Waals surface area contributed by atoms with Crippen LogP contribution >= 0.6 is 11.6 Å². The Labute approximate surface area is 129 Å². The third kappa shape index (κ3) is 5.40. The molecule has 0 aliphatic heterocycles. The van der Waals surface area contributed by atoms with Crippen molar-refractivity contribution in [3.8, 4) is 0 Å². The van der Waals surface area contributed by atoms with Gasteiger partial charge in [0.1, 0.15) is 0 Å². The summed E-state index contributed by atoms with van der Waals surface area (Å²) in [4.78, 5) is 22.8. The predicted octanol–water partition coefficient (Wildman–Crippen LogP) is 3.81. The van der Waals surface area contributed by atoms with Crippen molar-refractivity contribution in [1.82, 2.24) is 0 Å². The largest absolute Gasteiger partial charge is 0.452 e. The fourth-order valence-corrected chi connectivity index (χ4v) is 1.70. The monoisotopic (exact) mass is 335 g/mol. The van der Waals surface area contributed by atoms with Crippen molar-refractivity contribution in [1.29, 1.82) is 0 Å². The van der Waals surface area contributed by atoms with E-state index in [0.29, 0.717) is 5.57 Å². The summed E-state index contributed by atoms with van der Waals surface area (Å²) >= 11 is 5.68. The van der Waals surface area contributed by atoms with Crippen LogP contribution in [0.4, 0.5) is 18.9 Å². The highest BCUT2D eigenvalue weighted by Crippen LogP contribution is 2.38. The average molecular weight is 336 g/mol. The number of ether oxygens (including phenoxy) is 1. The van der Waals surface area contributed by atoms with Crippen LogP contribution in [0.25, 0.3) is 0 Å². The molecular weight excluding hydrogens is 323 g/mol. The summed E-state index contributed by atoms with van der Waals surface area (Å²) in [6, 6.07) is 3.12. The van der Waals surface area contributed by atoms with E-state index in [-0.39, 0.29) is 5.02 Å². The van der Waals surface area contributed by atoms with Crippen molar-refractivity contribution in [2.24, 2.45) is 0 Å². The number of amides is 1. The average Bonchev–Trinajstić information content (AvgIpc) is 2.36. The van der Waals surface area contributed by atoms with Crippen LogP contribution < -0.4 is 5.32 Å². The van der Waals surface area contributed by atoms with E-state index in [2.05, 4.69) is 4.74 Å². The van der Waals surface area contributed by atoms with Crippen LogP contribution in [0, 0.1) is 0 Å². The van der Waals surface area contributed by atoms with Crippen LogP contribution in [-0.4, -0.2) is 18.5 Å². The highest BCUT2D eigenvalue weighted by atomic mass is 35.5. The quantitative estimate of drug-likeness (QED) is 0.672. The van der Waals surface area contributed by atoms with Crippen molar-refractivity contribution in [2.75, 3.05) is 11.9 Å². The highest BCUT2D eigenvalue weighted by Gasteiger charge is 2.34. The lowest BCUT2D eigenvalue weighted by Crippen LogP contribution is -2.22. The number of anilines is 1. The normalized spacial score (nSPS) is 10.8. The van der Waals surface area contributed by atoms with Crippen LogP contribution in [0.15, 0.2) is 29.8 Å². The van der Waals surface area contributed by atoms with Crippen LogP contribution in [0.5, 0.6) is 0 Å². The molecule has 0 atom stereocenters. The summed E-state index contributed by atoms with van der Waals surface area (Å²) in [6.07, 6.45) is -3.52. The zero-order valence-electron chi connectivity index (χ0n) is 11.8. The number of hydrogen-bond donors (Lipinski definition) is 1. The lowest BCUT2D eigenvalue weighted by Gasteiger charge is -2.15. The summed E-state index contributed by atoms with van der Waals surface area (Å²) in [7, 11) is 0. The number of carbonyl (C=O) groups is 2. The minimum atomic E-state index is -4.67. The van der Waals surface area contributed by atoms with Gasteiger partial charge in [0.15, 0.2) is 6.61 Å². The van der Waals surface area contributed by atoms with Gasteiger partial charge in [-0.2, -0.15) is 13.2 Å². The van der Waals surface area contributed by atoms with Crippen molar-refractivity contribution >= 4 is 29.2 Å². The number of alkyl halides is 3. The summed E-state index contributed by atoms with van der Waals surface area (Å²) < 4.78 is 43.1. The van der Waals surface area contributed by atoms with Gasteiger partial charge in [-0.1, -0.05) is 23.2 Å². The second kappa shape index (κ2) is 7.31. The lowest BCUT2D eigenvalue weighted by atomic mass is 10.1. The summed E-state index contributed by atoms with van der Waals surface area (Å²) in [6.45, 7) is 2.59. The molecule has 1 aromatic rings. The summed E-state index contributed by atoms with van der Waals surface area (Å²) in [5.41, 5.74) is -0.986. The fraction of sp³-hybridized carbons (Fsp3) is 0.286. The molecule has 0 unspecified atom stereocenters. The second-order valence-corrected chi connectivity index (χ2v) is 4.94. The van der Waals surface area contributed by atoms with E-state index < -0.39 is 35.9 Å². The molecule has 1 amide bonds. The van der Waals surface area contributed by atoms with Gasteiger partial charge in [-0.3, -0.25) is 4.79 Å². The van der Waals surface area contributed by atoms with Gasteiger partial charge in [0.05, 0.1) is 16.3 Å². The first-order valence-corrected chi connectivity index (χ1v) is 6.46. The molecule has 0 spiro atoms. The van der Waals surface area contributed by atoms with E-state index in [9.17, 15) is 22.8 Å². The predicted molar refractivity (Wildman–Crippen MR) is 75.5 cm³/mol. The van der Waals surface area contributed by atoms with Crippen LogP contribution in [0.2, 0.25) is 5.02 Å². The van der Waals surface area contributed by atoms with E-state index in [1.165, 1.54) is 6.07 Å². The molecular formula is C14H13ClF3NO3. The number of rotatable bonds is 4. The van der Waals surface area contributed by atoms with E-state index in [0.717, 1.165) is 18.2 Å². The maximum Gasteiger partial charge on any atom is 0.418 e. The molecule has 1 rings (SSSR count). The highest BCUT2D eigenvalue weighted by molar-refractivity contribution is 6.34. The Morgan fingerprint density at radius 3 is 2.50 bits per heavy atom. The number of esters is 1. The molecule has 0 fully saturated rings. The van der Waals surface area contributed by atoms with Crippen molar-refractivity contribution in [3.05, 3.63) is 40.4 Å². The molecule has 1 N–H and O–H groups in total. The third-order valence-corrected chi connectivity index (χ3v) is 2.65. The Hall–Kier alpha value is -2.02. The first-order valence-electron chi connectivity index (χ1n) is 6.08. The summed E-state index contributed by atoms with van der Waals surface area (Å²) in [5, 5.41) is 1.74. The number of para-hydroxylation sites is 1. The van der Waals surface area contributed by atoms with Crippen molar-refractivity contribution in [3.63, 3.8) is 0 Å². The van der Waals surface area contributed by atoms with Gasteiger partial charge >= 0.3 is 12.1 Å². The number of nitrogens with one attached hydrogen (secondary N) is 1. The maximum atomic E-state index is 12.8. The molecule has 0 heterocycles. The van der Waals surface area contributed by atoms with Gasteiger partial charge < -0.3 is 10.1 Å². The van der Waals surface area contributed by atoms with E-state index in [1.54, 1.807) is 13.8 Å². The Bertz CT molecular complexity index is 608. The minimum absolute atomic E-state index is 0.265. The second-order valence-electron chi connectivity index (χ2n) is 4.54. The van der Waals surface area contributed by atoms with Crippen molar-refractivity contribution in [2.45, 2.75) is 20.0 Å². The van der Waals surface area contributed by atoms with Crippen molar-refractivity contribution < 1.29 is 27.5 Å². The first kappa shape index (κ1) is 18.0. The van der Waals surface area contributed by atoms with Gasteiger partial charge in [-0.05, 0) is 26.0 Å². The molecule has 0 aliphatic carbocycles. The van der Waals surface area contributed by atoms with Gasteiger partial charge in [-0.25, -0.2) is 4.79 Å². The fourth-order valence-electron chi connectivity index (χ4n) is 1.48. The van der Waals surface area contributed by atoms with Crippen LogP contribution in [0.1, 0.15) is 19.4 Å². The number of hydrogen-bond acceptors (Lipinski definition) is 3. The SMILES string of the molecule is CC(C)=CC(=O)OCC(=O)Nc1c(Cl)cccc1C(F)(F)F. The molecule has 0 bridgehead atoms. The van der Waals surface area contributed by atoms with Gasteiger partial charge in [0.2, 0.25) is 0 Å². The van der Waals surface area contributed by atoms with Crippen LogP contribution in [0.3, 0.4) is 0 Å². The van der Waals surface area contributed by atoms with E-state index >= 15 is 0 Å². The number of allylic oxidation sites excluding steroid dienone is 1. The molecule has 0 saturated heterocycles. The Kier molecular flexibility index (Phi) is 5.99. The Morgan fingerprint density at radius 2 is 1.95 bits per heavy atom. The first-order chi connectivity index (χ1) is 10.1. The molecule has 0 saturated carbocycles. The molecule has 120 valence electrons.